The molecule has 1 aliphatic heterocycles. The van der Waals surface area contributed by atoms with Gasteiger partial charge in [0.05, 0.1) is 0 Å². The fourth-order valence-corrected chi connectivity index (χ4v) is 3.60. The van der Waals surface area contributed by atoms with Crippen LogP contribution in [0.4, 0.5) is 0 Å². The fourth-order valence-electron chi connectivity index (χ4n) is 3.60. The van der Waals surface area contributed by atoms with Gasteiger partial charge in [0.15, 0.2) is 0 Å². The first-order valence-electron chi connectivity index (χ1n) is 7.60. The minimum atomic E-state index is 0.746. The maximum atomic E-state index is 3.82. The molecule has 1 N–H and O–H groups in total. The topological polar surface area (TPSA) is 15.3 Å². The predicted octanol–water partition coefficient (Wildman–Crippen LogP) is 2.89. The SMILES string of the molecule is CC1CN(C)C(C)CC1NCCC1CCCC1. The molecular formula is C15H30N2. The summed E-state index contributed by atoms with van der Waals surface area (Å²) in [6, 6.07) is 1.50. The van der Waals surface area contributed by atoms with Crippen LogP contribution >= 0.6 is 0 Å². The molecule has 3 unspecified atom stereocenters. The molecular weight excluding hydrogens is 208 g/mol. The Bertz CT molecular complexity index is 223. The van der Waals surface area contributed by atoms with Gasteiger partial charge >= 0.3 is 0 Å². The van der Waals surface area contributed by atoms with E-state index >= 15 is 0 Å². The number of piperidine rings is 1. The Hall–Kier alpha value is -0.0800. The summed E-state index contributed by atoms with van der Waals surface area (Å²) in [7, 11) is 2.26. The molecule has 17 heavy (non-hydrogen) atoms. The minimum absolute atomic E-state index is 0.746. The number of hydrogen-bond acceptors (Lipinski definition) is 2. The van der Waals surface area contributed by atoms with Gasteiger partial charge in [-0.15, -0.1) is 0 Å². The van der Waals surface area contributed by atoms with E-state index in [4.69, 9.17) is 0 Å². The Kier molecular flexibility index (Phi) is 4.87. The smallest absolute Gasteiger partial charge is 0.0120 e. The number of rotatable bonds is 4. The van der Waals surface area contributed by atoms with Crippen molar-refractivity contribution < 1.29 is 0 Å². The highest BCUT2D eigenvalue weighted by Gasteiger charge is 2.28. The fraction of sp³-hybridized carbons (Fsp3) is 1.00. The predicted molar refractivity (Wildman–Crippen MR) is 74.2 cm³/mol. The van der Waals surface area contributed by atoms with E-state index < -0.39 is 0 Å². The van der Waals surface area contributed by atoms with Gasteiger partial charge < -0.3 is 10.2 Å². The molecule has 0 aromatic heterocycles. The lowest BCUT2D eigenvalue weighted by Gasteiger charge is -2.40. The zero-order valence-electron chi connectivity index (χ0n) is 11.9. The zero-order valence-corrected chi connectivity index (χ0v) is 11.9. The van der Waals surface area contributed by atoms with Gasteiger partial charge in [-0.05, 0) is 45.2 Å². The van der Waals surface area contributed by atoms with Crippen molar-refractivity contribution >= 4 is 0 Å². The number of nitrogens with one attached hydrogen (secondary N) is 1. The van der Waals surface area contributed by atoms with Gasteiger partial charge in [-0.25, -0.2) is 0 Å². The first-order chi connectivity index (χ1) is 8.16. The van der Waals surface area contributed by atoms with Crippen molar-refractivity contribution in [1.29, 1.82) is 0 Å². The van der Waals surface area contributed by atoms with E-state index in [1.807, 2.05) is 0 Å². The summed E-state index contributed by atoms with van der Waals surface area (Å²) in [6.45, 7) is 7.26. The first kappa shape index (κ1) is 13.4. The van der Waals surface area contributed by atoms with Crippen LogP contribution in [0.2, 0.25) is 0 Å². The van der Waals surface area contributed by atoms with E-state index in [-0.39, 0.29) is 0 Å². The quantitative estimate of drug-likeness (QED) is 0.810. The van der Waals surface area contributed by atoms with Gasteiger partial charge in [0, 0.05) is 18.6 Å². The normalized spacial score (nSPS) is 36.5. The summed E-state index contributed by atoms with van der Waals surface area (Å²) in [5.74, 6) is 1.83. The summed E-state index contributed by atoms with van der Waals surface area (Å²) >= 11 is 0. The third-order valence-corrected chi connectivity index (χ3v) is 5.04. The van der Waals surface area contributed by atoms with Crippen molar-refractivity contribution in [2.75, 3.05) is 20.1 Å². The van der Waals surface area contributed by atoms with Crippen molar-refractivity contribution in [2.24, 2.45) is 11.8 Å². The van der Waals surface area contributed by atoms with E-state index in [9.17, 15) is 0 Å². The molecule has 0 aromatic carbocycles. The molecule has 1 saturated carbocycles. The van der Waals surface area contributed by atoms with Gasteiger partial charge in [-0.2, -0.15) is 0 Å². The summed E-state index contributed by atoms with van der Waals surface area (Å²) in [5, 5.41) is 3.82. The summed E-state index contributed by atoms with van der Waals surface area (Å²) < 4.78 is 0. The van der Waals surface area contributed by atoms with E-state index in [0.717, 1.165) is 23.9 Å². The summed E-state index contributed by atoms with van der Waals surface area (Å²) in [4.78, 5) is 2.50. The monoisotopic (exact) mass is 238 g/mol. The molecule has 0 aromatic rings. The van der Waals surface area contributed by atoms with Crippen LogP contribution in [-0.2, 0) is 0 Å². The molecule has 3 atom stereocenters. The van der Waals surface area contributed by atoms with Gasteiger partial charge in [0.25, 0.3) is 0 Å². The van der Waals surface area contributed by atoms with Gasteiger partial charge in [0.2, 0.25) is 0 Å². The first-order valence-corrected chi connectivity index (χ1v) is 7.60. The number of likely N-dealkylation sites (tertiary alicyclic amines) is 1. The average Bonchev–Trinajstić information content (AvgIpc) is 2.78. The maximum Gasteiger partial charge on any atom is 0.0120 e. The third-order valence-electron chi connectivity index (χ3n) is 5.04. The Morgan fingerprint density at radius 1 is 1.18 bits per heavy atom. The highest BCUT2D eigenvalue weighted by atomic mass is 15.2. The van der Waals surface area contributed by atoms with Crippen LogP contribution < -0.4 is 5.32 Å². The summed E-state index contributed by atoms with van der Waals surface area (Å²) in [5.41, 5.74) is 0. The molecule has 0 bridgehead atoms. The highest BCUT2D eigenvalue weighted by Crippen LogP contribution is 2.27. The molecule has 2 rings (SSSR count). The Morgan fingerprint density at radius 3 is 2.59 bits per heavy atom. The third kappa shape index (κ3) is 3.69. The van der Waals surface area contributed by atoms with E-state index in [1.54, 1.807) is 0 Å². The molecule has 100 valence electrons. The van der Waals surface area contributed by atoms with Crippen molar-refractivity contribution in [1.82, 2.24) is 10.2 Å². The zero-order chi connectivity index (χ0) is 12.3. The molecule has 2 aliphatic rings. The van der Waals surface area contributed by atoms with Gasteiger partial charge in [0.1, 0.15) is 0 Å². The second-order valence-corrected chi connectivity index (χ2v) is 6.50. The lowest BCUT2D eigenvalue weighted by atomic mass is 9.89. The average molecular weight is 238 g/mol. The number of nitrogens with zero attached hydrogens (tertiary/aromatic N) is 1. The van der Waals surface area contributed by atoms with Gasteiger partial charge in [-0.1, -0.05) is 32.6 Å². The van der Waals surface area contributed by atoms with Crippen LogP contribution in [0.3, 0.4) is 0 Å². The Morgan fingerprint density at radius 2 is 1.88 bits per heavy atom. The van der Waals surface area contributed by atoms with E-state index in [2.05, 4.69) is 31.1 Å². The van der Waals surface area contributed by atoms with E-state index in [1.165, 1.54) is 51.6 Å². The van der Waals surface area contributed by atoms with Crippen LogP contribution in [0.1, 0.15) is 52.4 Å². The van der Waals surface area contributed by atoms with Crippen LogP contribution in [0.5, 0.6) is 0 Å². The van der Waals surface area contributed by atoms with Gasteiger partial charge in [-0.3, -0.25) is 0 Å². The van der Waals surface area contributed by atoms with Crippen molar-refractivity contribution in [2.45, 2.75) is 64.5 Å². The van der Waals surface area contributed by atoms with Crippen molar-refractivity contribution in [3.63, 3.8) is 0 Å². The van der Waals surface area contributed by atoms with Crippen molar-refractivity contribution in [3.05, 3.63) is 0 Å². The molecule has 1 saturated heterocycles. The Labute approximate surface area is 107 Å². The molecule has 0 spiro atoms. The van der Waals surface area contributed by atoms with Crippen LogP contribution in [-0.4, -0.2) is 37.1 Å². The van der Waals surface area contributed by atoms with Crippen LogP contribution in [0.15, 0.2) is 0 Å². The lowest BCUT2D eigenvalue weighted by molar-refractivity contribution is 0.121. The second kappa shape index (κ2) is 6.19. The molecule has 0 radical (unpaired) electrons. The second-order valence-electron chi connectivity index (χ2n) is 6.50. The molecule has 2 nitrogen and oxygen atoms in total. The standard InChI is InChI=1S/C15H30N2/c1-12-11-17(3)13(2)10-15(12)16-9-8-14-6-4-5-7-14/h12-16H,4-11H2,1-3H3. The molecule has 2 fully saturated rings. The maximum absolute atomic E-state index is 3.82. The molecule has 2 heteroatoms. The number of hydrogen-bond donors (Lipinski definition) is 1. The molecule has 0 amide bonds. The largest absolute Gasteiger partial charge is 0.314 e. The van der Waals surface area contributed by atoms with Crippen LogP contribution in [0.25, 0.3) is 0 Å². The van der Waals surface area contributed by atoms with Crippen LogP contribution in [0, 0.1) is 11.8 Å². The Balaban J connectivity index is 1.67. The molecule has 1 aliphatic carbocycles. The van der Waals surface area contributed by atoms with E-state index in [0.29, 0.717) is 0 Å². The lowest BCUT2D eigenvalue weighted by Crippen LogP contribution is -2.51. The van der Waals surface area contributed by atoms with Crippen molar-refractivity contribution in [3.8, 4) is 0 Å². The molecule has 1 heterocycles. The minimum Gasteiger partial charge on any atom is -0.314 e. The highest BCUT2D eigenvalue weighted by molar-refractivity contribution is 4.86. The summed E-state index contributed by atoms with van der Waals surface area (Å²) in [6.07, 6.45) is 8.66.